The van der Waals surface area contributed by atoms with E-state index in [1.807, 2.05) is 26.0 Å². The van der Waals surface area contributed by atoms with E-state index in [0.29, 0.717) is 11.3 Å². The topological polar surface area (TPSA) is 72.2 Å². The van der Waals surface area contributed by atoms with E-state index >= 15 is 0 Å². The highest BCUT2D eigenvalue weighted by molar-refractivity contribution is 6.05. The van der Waals surface area contributed by atoms with E-state index in [1.165, 1.54) is 18.2 Å². The Bertz CT molecular complexity index is 681. The molecule has 0 aliphatic heterocycles. The lowest BCUT2D eigenvalue weighted by atomic mass is 10.1. The number of carbonyl (C=O) groups excluding carboxylic acids is 1. The number of carbonyl (C=O) groups is 1. The fraction of sp³-hybridized carbons (Fsp3) is 0.133. The molecule has 0 saturated carbocycles. The maximum absolute atomic E-state index is 12.1. The van der Waals surface area contributed by atoms with E-state index in [-0.39, 0.29) is 11.6 Å². The molecule has 1 amide bonds. The Morgan fingerprint density at radius 1 is 1.15 bits per heavy atom. The summed E-state index contributed by atoms with van der Waals surface area (Å²) in [5.41, 5.74) is 2.86. The second-order valence-corrected chi connectivity index (χ2v) is 4.58. The van der Waals surface area contributed by atoms with Gasteiger partial charge in [-0.25, -0.2) is 0 Å². The van der Waals surface area contributed by atoms with Gasteiger partial charge < -0.3 is 5.32 Å². The third-order valence-corrected chi connectivity index (χ3v) is 2.94. The molecule has 0 aromatic heterocycles. The van der Waals surface area contributed by atoms with Gasteiger partial charge in [0.05, 0.1) is 4.92 Å². The molecule has 2 rings (SSSR count). The van der Waals surface area contributed by atoms with Crippen LogP contribution in [0.3, 0.4) is 0 Å². The van der Waals surface area contributed by atoms with Crippen LogP contribution in [0, 0.1) is 24.0 Å². The lowest BCUT2D eigenvalue weighted by Gasteiger charge is -2.08. The van der Waals surface area contributed by atoms with Gasteiger partial charge in [-0.05, 0) is 31.5 Å². The van der Waals surface area contributed by atoms with Crippen molar-refractivity contribution in [3.8, 4) is 0 Å². The van der Waals surface area contributed by atoms with Crippen LogP contribution in [-0.4, -0.2) is 10.8 Å². The number of anilines is 1. The molecule has 0 radical (unpaired) electrons. The van der Waals surface area contributed by atoms with Crippen LogP contribution in [0.25, 0.3) is 0 Å². The zero-order valence-electron chi connectivity index (χ0n) is 11.2. The third kappa shape index (κ3) is 3.00. The number of aryl methyl sites for hydroxylation is 2. The minimum absolute atomic E-state index is 0.0524. The SMILES string of the molecule is Cc1ccc(C(=O)Nc2cccc([N+](=O)[O-])c2)c(C)c1. The Kier molecular flexibility index (Phi) is 3.79. The molecule has 5 nitrogen and oxygen atoms in total. The van der Waals surface area contributed by atoms with E-state index in [1.54, 1.807) is 12.1 Å². The van der Waals surface area contributed by atoms with Crippen LogP contribution in [0.2, 0.25) is 0 Å². The van der Waals surface area contributed by atoms with Crippen molar-refractivity contribution >= 4 is 17.3 Å². The maximum atomic E-state index is 12.1. The molecule has 2 aromatic carbocycles. The van der Waals surface area contributed by atoms with Gasteiger partial charge in [0, 0.05) is 23.4 Å². The molecule has 5 heteroatoms. The van der Waals surface area contributed by atoms with Gasteiger partial charge in [0.25, 0.3) is 11.6 Å². The predicted molar refractivity (Wildman–Crippen MR) is 77.0 cm³/mol. The maximum Gasteiger partial charge on any atom is 0.271 e. The zero-order chi connectivity index (χ0) is 14.7. The summed E-state index contributed by atoms with van der Waals surface area (Å²) in [6.45, 7) is 3.81. The largest absolute Gasteiger partial charge is 0.322 e. The molecule has 0 fully saturated rings. The first-order valence-corrected chi connectivity index (χ1v) is 6.10. The number of nitrogens with one attached hydrogen (secondary N) is 1. The van der Waals surface area contributed by atoms with Gasteiger partial charge in [-0.2, -0.15) is 0 Å². The van der Waals surface area contributed by atoms with Crippen LogP contribution < -0.4 is 5.32 Å². The zero-order valence-corrected chi connectivity index (χ0v) is 11.2. The number of nitro benzene ring substituents is 1. The van der Waals surface area contributed by atoms with Crippen LogP contribution >= 0.6 is 0 Å². The number of nitro groups is 1. The Balaban J connectivity index is 2.23. The summed E-state index contributed by atoms with van der Waals surface area (Å²) >= 11 is 0. The smallest absolute Gasteiger partial charge is 0.271 e. The normalized spacial score (nSPS) is 10.1. The van der Waals surface area contributed by atoms with Gasteiger partial charge in [0.15, 0.2) is 0 Å². The van der Waals surface area contributed by atoms with Crippen molar-refractivity contribution in [2.75, 3.05) is 5.32 Å². The van der Waals surface area contributed by atoms with Gasteiger partial charge in [-0.1, -0.05) is 23.8 Å². The van der Waals surface area contributed by atoms with E-state index in [4.69, 9.17) is 0 Å². The van der Waals surface area contributed by atoms with Crippen molar-refractivity contribution < 1.29 is 9.72 Å². The molecule has 0 unspecified atom stereocenters. The summed E-state index contributed by atoms with van der Waals surface area (Å²) in [6, 6.07) is 11.4. The second-order valence-electron chi connectivity index (χ2n) is 4.58. The molecule has 102 valence electrons. The van der Waals surface area contributed by atoms with Gasteiger partial charge >= 0.3 is 0 Å². The first-order valence-electron chi connectivity index (χ1n) is 6.10. The standard InChI is InChI=1S/C15H14N2O3/c1-10-6-7-14(11(2)8-10)15(18)16-12-4-3-5-13(9-12)17(19)20/h3-9H,1-2H3,(H,16,18). The lowest BCUT2D eigenvalue weighted by Crippen LogP contribution is -2.13. The summed E-state index contributed by atoms with van der Waals surface area (Å²) < 4.78 is 0. The summed E-state index contributed by atoms with van der Waals surface area (Å²) in [7, 11) is 0. The fourth-order valence-corrected chi connectivity index (χ4v) is 1.96. The second kappa shape index (κ2) is 5.52. The quantitative estimate of drug-likeness (QED) is 0.685. The molecule has 0 heterocycles. The van der Waals surface area contributed by atoms with Crippen molar-refractivity contribution in [2.24, 2.45) is 0 Å². The van der Waals surface area contributed by atoms with E-state index in [9.17, 15) is 14.9 Å². The molecule has 0 aliphatic carbocycles. The Morgan fingerprint density at radius 2 is 1.90 bits per heavy atom. The Hall–Kier alpha value is -2.69. The van der Waals surface area contributed by atoms with Gasteiger partial charge in [-0.15, -0.1) is 0 Å². The number of hydrogen-bond acceptors (Lipinski definition) is 3. The number of benzene rings is 2. The van der Waals surface area contributed by atoms with Crippen molar-refractivity contribution in [3.05, 3.63) is 69.3 Å². The highest BCUT2D eigenvalue weighted by atomic mass is 16.6. The van der Waals surface area contributed by atoms with E-state index < -0.39 is 4.92 Å². The van der Waals surface area contributed by atoms with Gasteiger partial charge in [-0.3, -0.25) is 14.9 Å². The molecular weight excluding hydrogens is 256 g/mol. The third-order valence-electron chi connectivity index (χ3n) is 2.94. The molecule has 0 atom stereocenters. The van der Waals surface area contributed by atoms with Crippen LogP contribution in [0.15, 0.2) is 42.5 Å². The number of hydrogen-bond donors (Lipinski definition) is 1. The van der Waals surface area contributed by atoms with Crippen molar-refractivity contribution in [2.45, 2.75) is 13.8 Å². The summed E-state index contributed by atoms with van der Waals surface area (Å²) in [5.74, 6) is -0.275. The van der Waals surface area contributed by atoms with Crippen LogP contribution in [0.4, 0.5) is 11.4 Å². The highest BCUT2D eigenvalue weighted by Gasteiger charge is 2.11. The summed E-state index contributed by atoms with van der Waals surface area (Å²) in [6.07, 6.45) is 0. The number of rotatable bonds is 3. The monoisotopic (exact) mass is 270 g/mol. The average molecular weight is 270 g/mol. The van der Waals surface area contributed by atoms with Gasteiger partial charge in [0.2, 0.25) is 0 Å². The molecule has 1 N–H and O–H groups in total. The Labute approximate surface area is 116 Å². The van der Waals surface area contributed by atoms with Gasteiger partial charge in [0.1, 0.15) is 0 Å². The average Bonchev–Trinajstić information content (AvgIpc) is 2.38. The predicted octanol–water partition coefficient (Wildman–Crippen LogP) is 3.46. The van der Waals surface area contributed by atoms with Crippen LogP contribution in [0.5, 0.6) is 0 Å². The summed E-state index contributed by atoms with van der Waals surface area (Å²) in [5, 5.41) is 13.4. The molecule has 0 saturated heterocycles. The molecule has 20 heavy (non-hydrogen) atoms. The van der Waals surface area contributed by atoms with Crippen molar-refractivity contribution in [1.29, 1.82) is 0 Å². The highest BCUT2D eigenvalue weighted by Crippen LogP contribution is 2.19. The first kappa shape index (κ1) is 13.7. The minimum Gasteiger partial charge on any atom is -0.322 e. The molecule has 0 spiro atoms. The van der Waals surface area contributed by atoms with Crippen molar-refractivity contribution in [3.63, 3.8) is 0 Å². The molecular formula is C15H14N2O3. The minimum atomic E-state index is -0.493. The van der Waals surface area contributed by atoms with Crippen molar-refractivity contribution in [1.82, 2.24) is 0 Å². The lowest BCUT2D eigenvalue weighted by molar-refractivity contribution is -0.384. The number of nitrogens with zero attached hydrogens (tertiary/aromatic N) is 1. The van der Waals surface area contributed by atoms with Crippen LogP contribution in [0.1, 0.15) is 21.5 Å². The van der Waals surface area contributed by atoms with Crippen LogP contribution in [-0.2, 0) is 0 Å². The molecule has 0 bridgehead atoms. The fourth-order valence-electron chi connectivity index (χ4n) is 1.96. The van der Waals surface area contributed by atoms with E-state index in [0.717, 1.165) is 11.1 Å². The molecule has 0 aliphatic rings. The first-order chi connectivity index (χ1) is 9.47. The number of amides is 1. The number of non-ortho nitro benzene ring substituents is 1. The molecule has 2 aromatic rings. The Morgan fingerprint density at radius 3 is 2.55 bits per heavy atom. The van der Waals surface area contributed by atoms with E-state index in [2.05, 4.69) is 5.32 Å². The summed E-state index contributed by atoms with van der Waals surface area (Å²) in [4.78, 5) is 22.3.